The lowest BCUT2D eigenvalue weighted by Gasteiger charge is -2.11. The van der Waals surface area contributed by atoms with Crippen molar-refractivity contribution in [2.45, 2.75) is 12.5 Å². The summed E-state index contributed by atoms with van der Waals surface area (Å²) in [5.74, 6) is -1.24. The van der Waals surface area contributed by atoms with Crippen molar-refractivity contribution in [2.24, 2.45) is 0 Å². The summed E-state index contributed by atoms with van der Waals surface area (Å²) in [6.07, 6.45) is -0.285. The second-order valence-electron chi connectivity index (χ2n) is 4.21. The Morgan fingerprint density at radius 3 is 2.90 bits per heavy atom. The van der Waals surface area contributed by atoms with E-state index in [9.17, 15) is 14.3 Å². The lowest BCUT2D eigenvalue weighted by atomic mass is 10.1. The van der Waals surface area contributed by atoms with Crippen molar-refractivity contribution in [3.63, 3.8) is 0 Å². The number of thiophene rings is 1. The Morgan fingerprint density at radius 1 is 1.45 bits per heavy atom. The van der Waals surface area contributed by atoms with E-state index in [1.165, 1.54) is 29.5 Å². The summed E-state index contributed by atoms with van der Waals surface area (Å²) in [6.45, 7) is 0.237. The van der Waals surface area contributed by atoms with Crippen LogP contribution in [0.4, 0.5) is 4.39 Å². The Kier molecular flexibility index (Phi) is 5.11. The van der Waals surface area contributed by atoms with Gasteiger partial charge in [-0.2, -0.15) is 11.3 Å². The van der Waals surface area contributed by atoms with Crippen molar-refractivity contribution in [3.8, 4) is 0 Å². The van der Waals surface area contributed by atoms with Gasteiger partial charge >= 0.3 is 0 Å². The van der Waals surface area contributed by atoms with Gasteiger partial charge < -0.3 is 10.4 Å². The molecule has 0 saturated heterocycles. The molecular formula is C14H13ClFNO2S. The third-order valence-electron chi connectivity index (χ3n) is 2.82. The Bertz CT molecular complexity index is 569. The molecule has 2 rings (SSSR count). The Labute approximate surface area is 125 Å². The highest BCUT2D eigenvalue weighted by Crippen LogP contribution is 2.20. The monoisotopic (exact) mass is 313 g/mol. The van der Waals surface area contributed by atoms with Crippen molar-refractivity contribution in [1.29, 1.82) is 0 Å². The van der Waals surface area contributed by atoms with Gasteiger partial charge in [-0.25, -0.2) is 4.39 Å². The molecular weight excluding hydrogens is 301 g/mol. The Balaban J connectivity index is 1.90. The first-order valence-electron chi connectivity index (χ1n) is 6.02. The number of benzene rings is 1. The van der Waals surface area contributed by atoms with E-state index in [4.69, 9.17) is 11.6 Å². The van der Waals surface area contributed by atoms with E-state index in [0.29, 0.717) is 6.42 Å². The number of hydrogen-bond acceptors (Lipinski definition) is 3. The summed E-state index contributed by atoms with van der Waals surface area (Å²) in [4.78, 5) is 11.8. The average molecular weight is 314 g/mol. The molecule has 1 aromatic carbocycles. The fourth-order valence-corrected chi connectivity index (χ4v) is 2.71. The molecule has 6 heteroatoms. The first-order chi connectivity index (χ1) is 9.59. The highest BCUT2D eigenvalue weighted by Gasteiger charge is 2.16. The highest BCUT2D eigenvalue weighted by molar-refractivity contribution is 7.07. The van der Waals surface area contributed by atoms with Crippen LogP contribution in [0, 0.1) is 5.82 Å². The van der Waals surface area contributed by atoms with Crippen LogP contribution in [0.15, 0.2) is 35.0 Å². The zero-order valence-electron chi connectivity index (χ0n) is 10.5. The fourth-order valence-electron chi connectivity index (χ4n) is 1.76. The zero-order valence-corrected chi connectivity index (χ0v) is 12.0. The van der Waals surface area contributed by atoms with Gasteiger partial charge in [0.15, 0.2) is 0 Å². The molecule has 0 aliphatic heterocycles. The number of nitrogens with one attached hydrogen (secondary N) is 1. The van der Waals surface area contributed by atoms with E-state index in [2.05, 4.69) is 5.32 Å². The third kappa shape index (κ3) is 3.56. The summed E-state index contributed by atoms with van der Waals surface area (Å²) in [5, 5.41) is 16.2. The molecule has 0 fully saturated rings. The smallest absolute Gasteiger partial charge is 0.255 e. The van der Waals surface area contributed by atoms with E-state index >= 15 is 0 Å². The summed E-state index contributed by atoms with van der Waals surface area (Å²) >= 11 is 7.29. The number of amides is 1. The molecule has 0 radical (unpaired) electrons. The molecule has 1 amide bonds. The summed E-state index contributed by atoms with van der Waals surface area (Å²) in [7, 11) is 0. The van der Waals surface area contributed by atoms with Gasteiger partial charge in [0.1, 0.15) is 5.82 Å². The standard InChI is InChI=1S/C14H13ClFNO2S/c15-10-2-1-3-11(16)13(10)14(19)17-6-4-12(18)9-5-7-20-8-9/h1-3,5,7-8,12,18H,4,6H2,(H,17,19). The lowest BCUT2D eigenvalue weighted by Crippen LogP contribution is -2.26. The largest absolute Gasteiger partial charge is 0.388 e. The minimum Gasteiger partial charge on any atom is -0.388 e. The molecule has 1 unspecified atom stereocenters. The van der Waals surface area contributed by atoms with Crippen molar-refractivity contribution in [1.82, 2.24) is 5.32 Å². The molecule has 1 atom stereocenters. The van der Waals surface area contributed by atoms with Crippen LogP contribution in [0.3, 0.4) is 0 Å². The molecule has 0 saturated carbocycles. The van der Waals surface area contributed by atoms with Gasteiger partial charge in [-0.3, -0.25) is 4.79 Å². The molecule has 1 aromatic heterocycles. The molecule has 106 valence electrons. The van der Waals surface area contributed by atoms with Crippen LogP contribution in [-0.2, 0) is 0 Å². The molecule has 20 heavy (non-hydrogen) atoms. The molecule has 3 nitrogen and oxygen atoms in total. The maximum Gasteiger partial charge on any atom is 0.255 e. The molecule has 2 N–H and O–H groups in total. The van der Waals surface area contributed by atoms with Crippen LogP contribution in [0.5, 0.6) is 0 Å². The van der Waals surface area contributed by atoms with Gasteiger partial charge in [-0.15, -0.1) is 0 Å². The number of rotatable bonds is 5. The van der Waals surface area contributed by atoms with Gasteiger partial charge in [0, 0.05) is 6.54 Å². The first-order valence-corrected chi connectivity index (χ1v) is 7.34. The average Bonchev–Trinajstić information content (AvgIpc) is 2.92. The van der Waals surface area contributed by atoms with E-state index in [1.54, 1.807) is 0 Å². The topological polar surface area (TPSA) is 49.3 Å². The van der Waals surface area contributed by atoms with E-state index < -0.39 is 17.8 Å². The minimum absolute atomic E-state index is 0.0703. The summed E-state index contributed by atoms with van der Waals surface area (Å²) in [6, 6.07) is 5.90. The maximum atomic E-state index is 13.5. The lowest BCUT2D eigenvalue weighted by molar-refractivity contribution is 0.0939. The van der Waals surface area contributed by atoms with Gasteiger partial charge in [0.25, 0.3) is 5.91 Å². The number of aliphatic hydroxyl groups is 1. The summed E-state index contributed by atoms with van der Waals surface area (Å²) < 4.78 is 13.5. The van der Waals surface area contributed by atoms with Crippen molar-refractivity contribution >= 4 is 28.8 Å². The number of carbonyl (C=O) groups is 1. The SMILES string of the molecule is O=C(NCCC(O)c1ccsc1)c1c(F)cccc1Cl. The summed E-state index contributed by atoms with van der Waals surface area (Å²) in [5.41, 5.74) is 0.646. The molecule has 1 heterocycles. The van der Waals surface area contributed by atoms with E-state index in [1.807, 2.05) is 16.8 Å². The number of aliphatic hydroxyl groups excluding tert-OH is 1. The van der Waals surface area contributed by atoms with Gasteiger partial charge in [-0.05, 0) is 40.9 Å². The number of hydrogen-bond donors (Lipinski definition) is 2. The van der Waals surface area contributed by atoms with Crippen molar-refractivity contribution in [3.05, 3.63) is 57.0 Å². The van der Waals surface area contributed by atoms with Crippen LogP contribution < -0.4 is 5.32 Å². The number of halogens is 2. The van der Waals surface area contributed by atoms with Crippen LogP contribution >= 0.6 is 22.9 Å². The quantitative estimate of drug-likeness (QED) is 0.889. The zero-order chi connectivity index (χ0) is 14.5. The third-order valence-corrected chi connectivity index (χ3v) is 3.84. The predicted octanol–water partition coefficient (Wildman–Crippen LogP) is 3.39. The number of carbonyl (C=O) groups excluding carboxylic acids is 1. The normalized spacial score (nSPS) is 12.2. The van der Waals surface area contributed by atoms with Gasteiger partial charge in [0.2, 0.25) is 0 Å². The Hall–Kier alpha value is -1.43. The second kappa shape index (κ2) is 6.83. The van der Waals surface area contributed by atoms with E-state index in [-0.39, 0.29) is 17.1 Å². The van der Waals surface area contributed by atoms with Crippen molar-refractivity contribution < 1.29 is 14.3 Å². The maximum absolute atomic E-state index is 13.5. The second-order valence-corrected chi connectivity index (χ2v) is 5.40. The van der Waals surface area contributed by atoms with Crippen LogP contribution in [0.2, 0.25) is 5.02 Å². The predicted molar refractivity (Wildman–Crippen MR) is 77.6 cm³/mol. The molecule has 2 aromatic rings. The van der Waals surface area contributed by atoms with Crippen LogP contribution in [-0.4, -0.2) is 17.6 Å². The van der Waals surface area contributed by atoms with Crippen LogP contribution in [0.25, 0.3) is 0 Å². The van der Waals surface area contributed by atoms with Gasteiger partial charge in [0.05, 0.1) is 16.7 Å². The fraction of sp³-hybridized carbons (Fsp3) is 0.214. The minimum atomic E-state index is -0.659. The Morgan fingerprint density at radius 2 is 2.25 bits per heavy atom. The molecule has 0 aliphatic rings. The van der Waals surface area contributed by atoms with Crippen molar-refractivity contribution in [2.75, 3.05) is 6.54 Å². The van der Waals surface area contributed by atoms with Crippen LogP contribution in [0.1, 0.15) is 28.4 Å². The highest BCUT2D eigenvalue weighted by atomic mass is 35.5. The van der Waals surface area contributed by atoms with Gasteiger partial charge in [-0.1, -0.05) is 17.7 Å². The molecule has 0 aliphatic carbocycles. The molecule has 0 bridgehead atoms. The van der Waals surface area contributed by atoms with E-state index in [0.717, 1.165) is 5.56 Å². The first kappa shape index (κ1) is 15.0. The molecule has 0 spiro atoms.